The third-order valence-corrected chi connectivity index (χ3v) is 4.78. The summed E-state index contributed by atoms with van der Waals surface area (Å²) in [6.45, 7) is 2.67. The Morgan fingerprint density at radius 3 is 2.72 bits per heavy atom. The SMILES string of the molecule is Cc1ccsc1CN(C)C(=O)C1(C#N)CCCC1. The number of aryl methyl sites for hydroxylation is 1. The maximum Gasteiger partial charge on any atom is 0.243 e. The van der Waals surface area contributed by atoms with Gasteiger partial charge in [-0.25, -0.2) is 0 Å². The predicted molar refractivity (Wildman–Crippen MR) is 72.0 cm³/mol. The molecule has 1 aromatic rings. The van der Waals surface area contributed by atoms with E-state index >= 15 is 0 Å². The van der Waals surface area contributed by atoms with Crippen LogP contribution >= 0.6 is 11.3 Å². The summed E-state index contributed by atoms with van der Waals surface area (Å²) in [7, 11) is 1.80. The lowest BCUT2D eigenvalue weighted by atomic mass is 9.86. The molecule has 0 aromatic carbocycles. The highest BCUT2D eigenvalue weighted by Crippen LogP contribution is 2.39. The third kappa shape index (κ3) is 2.28. The van der Waals surface area contributed by atoms with Crippen LogP contribution in [0, 0.1) is 23.7 Å². The molecule has 0 saturated heterocycles. The van der Waals surface area contributed by atoms with E-state index in [1.807, 2.05) is 5.38 Å². The zero-order valence-electron chi connectivity index (χ0n) is 10.9. The van der Waals surface area contributed by atoms with Crippen molar-refractivity contribution in [2.24, 2.45) is 5.41 Å². The molecule has 1 amide bonds. The van der Waals surface area contributed by atoms with Crippen molar-refractivity contribution in [1.29, 1.82) is 5.26 Å². The molecule has 1 aliphatic rings. The molecule has 1 aliphatic carbocycles. The zero-order valence-corrected chi connectivity index (χ0v) is 11.7. The molecular weight excluding hydrogens is 244 g/mol. The van der Waals surface area contributed by atoms with Crippen LogP contribution < -0.4 is 0 Å². The Morgan fingerprint density at radius 2 is 2.22 bits per heavy atom. The first-order valence-corrected chi connectivity index (χ1v) is 7.17. The molecule has 1 saturated carbocycles. The lowest BCUT2D eigenvalue weighted by Crippen LogP contribution is -2.39. The Bertz CT molecular complexity index is 480. The molecule has 0 radical (unpaired) electrons. The zero-order chi connectivity index (χ0) is 13.2. The van der Waals surface area contributed by atoms with Crippen LogP contribution in [-0.2, 0) is 11.3 Å². The van der Waals surface area contributed by atoms with E-state index < -0.39 is 5.41 Å². The number of thiophene rings is 1. The van der Waals surface area contributed by atoms with Crippen LogP contribution in [0.4, 0.5) is 0 Å². The summed E-state index contributed by atoms with van der Waals surface area (Å²) in [6.07, 6.45) is 3.42. The number of rotatable bonds is 3. The minimum absolute atomic E-state index is 0.00435. The molecule has 2 rings (SSSR count). The van der Waals surface area contributed by atoms with E-state index in [1.165, 1.54) is 10.4 Å². The molecule has 4 heteroatoms. The van der Waals surface area contributed by atoms with Gasteiger partial charge in [-0.05, 0) is 36.8 Å². The highest BCUT2D eigenvalue weighted by Gasteiger charge is 2.43. The summed E-state index contributed by atoms with van der Waals surface area (Å²) in [5.41, 5.74) is 0.469. The van der Waals surface area contributed by atoms with Crippen molar-refractivity contribution < 1.29 is 4.79 Å². The van der Waals surface area contributed by atoms with Crippen LogP contribution in [0.25, 0.3) is 0 Å². The molecule has 96 valence electrons. The van der Waals surface area contributed by atoms with Crippen LogP contribution in [0.5, 0.6) is 0 Å². The van der Waals surface area contributed by atoms with Gasteiger partial charge in [0.25, 0.3) is 0 Å². The molecule has 0 atom stereocenters. The Hall–Kier alpha value is -1.34. The van der Waals surface area contributed by atoms with Crippen molar-refractivity contribution in [3.8, 4) is 6.07 Å². The van der Waals surface area contributed by atoms with Gasteiger partial charge in [-0.3, -0.25) is 4.79 Å². The van der Waals surface area contributed by atoms with Gasteiger partial charge in [0.05, 0.1) is 12.6 Å². The first-order chi connectivity index (χ1) is 8.59. The Balaban J connectivity index is 2.10. The average Bonchev–Trinajstić information content (AvgIpc) is 2.99. The number of carbonyl (C=O) groups excluding carboxylic acids is 1. The fourth-order valence-electron chi connectivity index (χ4n) is 2.57. The van der Waals surface area contributed by atoms with Crippen LogP contribution in [-0.4, -0.2) is 17.9 Å². The second-order valence-corrected chi connectivity index (χ2v) is 6.09. The third-order valence-electron chi connectivity index (χ3n) is 3.78. The molecule has 3 nitrogen and oxygen atoms in total. The van der Waals surface area contributed by atoms with E-state index in [1.54, 1.807) is 23.3 Å². The fraction of sp³-hybridized carbons (Fsp3) is 0.571. The van der Waals surface area contributed by atoms with Crippen molar-refractivity contribution in [3.05, 3.63) is 21.9 Å². The standard InChI is InChI=1S/C14H18N2OS/c1-11-5-8-18-12(11)9-16(2)13(17)14(10-15)6-3-4-7-14/h5,8H,3-4,6-7,9H2,1-2H3. The van der Waals surface area contributed by atoms with Gasteiger partial charge < -0.3 is 4.90 Å². The monoisotopic (exact) mass is 262 g/mol. The minimum atomic E-state index is -0.750. The number of carbonyl (C=O) groups is 1. The molecule has 0 spiro atoms. The largest absolute Gasteiger partial charge is 0.339 e. The van der Waals surface area contributed by atoms with Crippen LogP contribution in [0.3, 0.4) is 0 Å². The smallest absolute Gasteiger partial charge is 0.243 e. The Morgan fingerprint density at radius 1 is 1.56 bits per heavy atom. The van der Waals surface area contributed by atoms with Crippen LogP contribution in [0.2, 0.25) is 0 Å². The highest BCUT2D eigenvalue weighted by atomic mass is 32.1. The molecule has 0 bridgehead atoms. The first kappa shape index (κ1) is 13.1. The lowest BCUT2D eigenvalue weighted by molar-refractivity contribution is -0.138. The predicted octanol–water partition coefficient (Wildman–Crippen LogP) is 3.10. The summed E-state index contributed by atoms with van der Waals surface area (Å²) in [6, 6.07) is 4.33. The fourth-order valence-corrected chi connectivity index (χ4v) is 3.53. The Labute approximate surface area is 112 Å². The molecule has 1 fully saturated rings. The molecule has 0 N–H and O–H groups in total. The maximum absolute atomic E-state index is 12.4. The van der Waals surface area contributed by atoms with Gasteiger partial charge in [-0.2, -0.15) is 5.26 Å². The number of hydrogen-bond donors (Lipinski definition) is 0. The molecule has 0 unspecified atom stereocenters. The van der Waals surface area contributed by atoms with Crippen LogP contribution in [0.1, 0.15) is 36.1 Å². The van der Waals surface area contributed by atoms with Crippen molar-refractivity contribution in [3.63, 3.8) is 0 Å². The molecule has 1 aromatic heterocycles. The number of hydrogen-bond acceptors (Lipinski definition) is 3. The summed E-state index contributed by atoms with van der Waals surface area (Å²) in [5.74, 6) is -0.00435. The van der Waals surface area contributed by atoms with E-state index in [-0.39, 0.29) is 5.91 Å². The van der Waals surface area contributed by atoms with Gasteiger partial charge in [0.1, 0.15) is 5.41 Å². The molecule has 1 heterocycles. The highest BCUT2D eigenvalue weighted by molar-refractivity contribution is 7.10. The van der Waals surface area contributed by atoms with E-state index in [0.717, 1.165) is 25.7 Å². The van der Waals surface area contributed by atoms with Crippen molar-refractivity contribution in [1.82, 2.24) is 4.90 Å². The van der Waals surface area contributed by atoms with Crippen molar-refractivity contribution in [2.45, 2.75) is 39.2 Å². The quantitative estimate of drug-likeness (QED) is 0.840. The van der Waals surface area contributed by atoms with Gasteiger partial charge in [0.2, 0.25) is 5.91 Å². The second kappa shape index (κ2) is 5.11. The van der Waals surface area contributed by atoms with Gasteiger partial charge in [-0.15, -0.1) is 11.3 Å². The van der Waals surface area contributed by atoms with Crippen molar-refractivity contribution in [2.75, 3.05) is 7.05 Å². The number of nitriles is 1. The first-order valence-electron chi connectivity index (χ1n) is 6.29. The summed E-state index contributed by atoms with van der Waals surface area (Å²) in [5, 5.41) is 11.4. The van der Waals surface area contributed by atoms with Crippen LogP contribution in [0.15, 0.2) is 11.4 Å². The minimum Gasteiger partial charge on any atom is -0.339 e. The number of amides is 1. The van der Waals surface area contributed by atoms with E-state index in [4.69, 9.17) is 0 Å². The van der Waals surface area contributed by atoms with Gasteiger partial charge in [-0.1, -0.05) is 12.8 Å². The van der Waals surface area contributed by atoms with Gasteiger partial charge in [0.15, 0.2) is 0 Å². The number of nitrogens with zero attached hydrogens (tertiary/aromatic N) is 2. The average molecular weight is 262 g/mol. The molecule has 18 heavy (non-hydrogen) atoms. The summed E-state index contributed by atoms with van der Waals surface area (Å²) in [4.78, 5) is 15.4. The summed E-state index contributed by atoms with van der Waals surface area (Å²) < 4.78 is 0. The Kier molecular flexibility index (Phi) is 3.72. The van der Waals surface area contributed by atoms with E-state index in [9.17, 15) is 10.1 Å². The lowest BCUT2D eigenvalue weighted by Gasteiger charge is -2.26. The normalized spacial score (nSPS) is 17.4. The van der Waals surface area contributed by atoms with Gasteiger partial charge >= 0.3 is 0 Å². The molecular formula is C14H18N2OS. The maximum atomic E-state index is 12.4. The topological polar surface area (TPSA) is 44.1 Å². The summed E-state index contributed by atoms with van der Waals surface area (Å²) >= 11 is 1.67. The van der Waals surface area contributed by atoms with E-state index in [2.05, 4.69) is 19.1 Å². The second-order valence-electron chi connectivity index (χ2n) is 5.09. The van der Waals surface area contributed by atoms with Crippen molar-refractivity contribution >= 4 is 17.2 Å². The van der Waals surface area contributed by atoms with Gasteiger partial charge in [0, 0.05) is 11.9 Å². The van der Waals surface area contributed by atoms with E-state index in [0.29, 0.717) is 6.54 Å². The molecule has 0 aliphatic heterocycles.